The van der Waals surface area contributed by atoms with Crippen LogP contribution in [0.1, 0.15) is 5.56 Å². The lowest BCUT2D eigenvalue weighted by molar-refractivity contribution is 0.373. The maximum absolute atomic E-state index is 9.70. The molecule has 0 fully saturated rings. The lowest BCUT2D eigenvalue weighted by Gasteiger charge is -2.11. The number of methoxy groups -OCH3 is 1. The van der Waals surface area contributed by atoms with E-state index < -0.39 is 0 Å². The second-order valence-electron chi connectivity index (χ2n) is 3.96. The standard InChI is InChI=1S/C14H13BrClNO2/c1-19-13-6-5-9(7-12(13)18)8-17-11-4-2-3-10(16)14(11)15/h2-7,17-18H,8H2,1H3. The van der Waals surface area contributed by atoms with E-state index >= 15 is 0 Å². The van der Waals surface area contributed by atoms with Gasteiger partial charge in [-0.25, -0.2) is 0 Å². The molecule has 0 atom stereocenters. The highest BCUT2D eigenvalue weighted by Gasteiger charge is 2.05. The Morgan fingerprint density at radius 1 is 1.32 bits per heavy atom. The molecule has 3 nitrogen and oxygen atoms in total. The molecule has 0 radical (unpaired) electrons. The van der Waals surface area contributed by atoms with Gasteiger partial charge in [-0.3, -0.25) is 0 Å². The average Bonchev–Trinajstić information content (AvgIpc) is 2.40. The molecule has 19 heavy (non-hydrogen) atoms. The molecule has 0 saturated carbocycles. The second kappa shape index (κ2) is 6.17. The lowest BCUT2D eigenvalue weighted by Crippen LogP contribution is -2.00. The molecular weight excluding hydrogens is 330 g/mol. The number of nitrogens with one attached hydrogen (secondary N) is 1. The van der Waals surface area contributed by atoms with Gasteiger partial charge in [0.1, 0.15) is 0 Å². The lowest BCUT2D eigenvalue weighted by atomic mass is 10.2. The van der Waals surface area contributed by atoms with Crippen LogP contribution in [0.5, 0.6) is 11.5 Å². The number of phenolic OH excluding ortho intramolecular Hbond substituents is 1. The van der Waals surface area contributed by atoms with Crippen molar-refractivity contribution in [3.63, 3.8) is 0 Å². The highest BCUT2D eigenvalue weighted by atomic mass is 79.9. The molecule has 0 saturated heterocycles. The van der Waals surface area contributed by atoms with E-state index in [4.69, 9.17) is 16.3 Å². The first-order chi connectivity index (χ1) is 9.11. The summed E-state index contributed by atoms with van der Waals surface area (Å²) < 4.78 is 5.83. The molecule has 0 unspecified atom stereocenters. The molecule has 0 aliphatic rings. The van der Waals surface area contributed by atoms with Crippen LogP contribution in [-0.4, -0.2) is 12.2 Å². The number of anilines is 1. The van der Waals surface area contributed by atoms with Gasteiger partial charge >= 0.3 is 0 Å². The first-order valence-electron chi connectivity index (χ1n) is 5.65. The van der Waals surface area contributed by atoms with Crippen molar-refractivity contribution in [2.45, 2.75) is 6.54 Å². The van der Waals surface area contributed by atoms with E-state index in [0.29, 0.717) is 17.3 Å². The number of phenols is 1. The van der Waals surface area contributed by atoms with Gasteiger partial charge in [0, 0.05) is 6.54 Å². The molecule has 2 aromatic carbocycles. The maximum atomic E-state index is 9.70. The van der Waals surface area contributed by atoms with Crippen molar-refractivity contribution in [3.05, 3.63) is 51.5 Å². The fourth-order valence-corrected chi connectivity index (χ4v) is 2.26. The van der Waals surface area contributed by atoms with Crippen LogP contribution < -0.4 is 10.1 Å². The Labute approximate surface area is 125 Å². The van der Waals surface area contributed by atoms with Crippen LogP contribution in [0.25, 0.3) is 0 Å². The summed E-state index contributed by atoms with van der Waals surface area (Å²) in [5, 5.41) is 13.6. The highest BCUT2D eigenvalue weighted by Crippen LogP contribution is 2.31. The molecule has 0 bridgehead atoms. The zero-order valence-electron chi connectivity index (χ0n) is 10.3. The van der Waals surface area contributed by atoms with Crippen LogP contribution >= 0.6 is 27.5 Å². The number of hydrogen-bond donors (Lipinski definition) is 2. The van der Waals surface area contributed by atoms with Gasteiger partial charge in [0.15, 0.2) is 11.5 Å². The topological polar surface area (TPSA) is 41.5 Å². The van der Waals surface area contributed by atoms with Gasteiger partial charge in [0.25, 0.3) is 0 Å². The highest BCUT2D eigenvalue weighted by molar-refractivity contribution is 9.10. The van der Waals surface area contributed by atoms with Crippen molar-refractivity contribution < 1.29 is 9.84 Å². The molecule has 2 aromatic rings. The van der Waals surface area contributed by atoms with Gasteiger partial charge in [-0.2, -0.15) is 0 Å². The smallest absolute Gasteiger partial charge is 0.160 e. The van der Waals surface area contributed by atoms with Crippen molar-refractivity contribution in [2.24, 2.45) is 0 Å². The molecule has 0 amide bonds. The summed E-state index contributed by atoms with van der Waals surface area (Å²) in [7, 11) is 1.52. The van der Waals surface area contributed by atoms with Crippen molar-refractivity contribution in [3.8, 4) is 11.5 Å². The van der Waals surface area contributed by atoms with Gasteiger partial charge in [0.2, 0.25) is 0 Å². The largest absolute Gasteiger partial charge is 0.504 e. The number of hydrogen-bond acceptors (Lipinski definition) is 3. The van der Waals surface area contributed by atoms with Gasteiger partial charge in [-0.1, -0.05) is 23.7 Å². The second-order valence-corrected chi connectivity index (χ2v) is 5.16. The summed E-state index contributed by atoms with van der Waals surface area (Å²) in [6.45, 7) is 0.580. The monoisotopic (exact) mass is 341 g/mol. The summed E-state index contributed by atoms with van der Waals surface area (Å²) in [6.07, 6.45) is 0. The maximum Gasteiger partial charge on any atom is 0.160 e. The van der Waals surface area contributed by atoms with E-state index in [-0.39, 0.29) is 5.75 Å². The Kier molecular flexibility index (Phi) is 4.56. The van der Waals surface area contributed by atoms with Gasteiger partial charge in [0.05, 0.1) is 22.3 Å². The molecule has 2 N–H and O–H groups in total. The molecule has 0 spiro atoms. The molecule has 0 heterocycles. The Morgan fingerprint density at radius 3 is 2.79 bits per heavy atom. The third kappa shape index (κ3) is 3.33. The van der Waals surface area contributed by atoms with Crippen LogP contribution in [0.4, 0.5) is 5.69 Å². The van der Waals surface area contributed by atoms with Gasteiger partial charge in [-0.05, 0) is 45.8 Å². The first kappa shape index (κ1) is 14.0. The fourth-order valence-electron chi connectivity index (χ4n) is 1.68. The molecule has 2 rings (SSSR count). The molecule has 0 aliphatic heterocycles. The normalized spacial score (nSPS) is 10.3. The SMILES string of the molecule is COc1ccc(CNc2cccc(Cl)c2Br)cc1O. The van der Waals surface area contributed by atoms with Crippen LogP contribution in [0, 0.1) is 0 Å². The molecule has 0 aliphatic carbocycles. The minimum atomic E-state index is 0.131. The predicted octanol–water partition coefficient (Wildman–Crippen LogP) is 4.43. The van der Waals surface area contributed by atoms with Gasteiger partial charge < -0.3 is 15.2 Å². The van der Waals surface area contributed by atoms with E-state index in [2.05, 4.69) is 21.2 Å². The van der Waals surface area contributed by atoms with Crippen LogP contribution in [0.15, 0.2) is 40.9 Å². The number of ether oxygens (including phenoxy) is 1. The third-order valence-corrected chi connectivity index (χ3v) is 4.08. The van der Waals surface area contributed by atoms with Crippen molar-refractivity contribution >= 4 is 33.2 Å². The summed E-state index contributed by atoms with van der Waals surface area (Å²) in [5.41, 5.74) is 1.85. The number of aromatic hydroxyl groups is 1. The molecular formula is C14H13BrClNO2. The van der Waals surface area contributed by atoms with Gasteiger partial charge in [-0.15, -0.1) is 0 Å². The van der Waals surface area contributed by atoms with Crippen LogP contribution in [0.3, 0.4) is 0 Å². The number of halogens is 2. The van der Waals surface area contributed by atoms with Crippen LogP contribution in [0.2, 0.25) is 5.02 Å². The van der Waals surface area contributed by atoms with Crippen molar-refractivity contribution in [2.75, 3.05) is 12.4 Å². The van der Waals surface area contributed by atoms with Crippen LogP contribution in [-0.2, 0) is 6.54 Å². The van der Waals surface area contributed by atoms with E-state index in [1.165, 1.54) is 7.11 Å². The van der Waals surface area contributed by atoms with Crippen molar-refractivity contribution in [1.82, 2.24) is 0 Å². The Balaban J connectivity index is 2.10. The predicted molar refractivity (Wildman–Crippen MR) is 81.1 cm³/mol. The molecule has 0 aromatic heterocycles. The van der Waals surface area contributed by atoms with Crippen molar-refractivity contribution in [1.29, 1.82) is 0 Å². The summed E-state index contributed by atoms with van der Waals surface area (Å²) in [5.74, 6) is 0.597. The Hall–Kier alpha value is -1.39. The summed E-state index contributed by atoms with van der Waals surface area (Å²) in [4.78, 5) is 0. The number of rotatable bonds is 4. The van der Waals surface area contributed by atoms with E-state index in [1.807, 2.05) is 24.3 Å². The molecule has 100 valence electrons. The zero-order chi connectivity index (χ0) is 13.8. The third-order valence-electron chi connectivity index (χ3n) is 2.68. The summed E-state index contributed by atoms with van der Waals surface area (Å²) >= 11 is 9.44. The average molecular weight is 343 g/mol. The van der Waals surface area contributed by atoms with E-state index in [0.717, 1.165) is 15.7 Å². The summed E-state index contributed by atoms with van der Waals surface area (Å²) in [6, 6.07) is 10.9. The van der Waals surface area contributed by atoms with E-state index in [1.54, 1.807) is 12.1 Å². The Bertz CT molecular complexity index is 590. The molecule has 5 heteroatoms. The minimum Gasteiger partial charge on any atom is -0.504 e. The Morgan fingerprint density at radius 2 is 2.11 bits per heavy atom. The fraction of sp³-hybridized carbons (Fsp3) is 0.143. The first-order valence-corrected chi connectivity index (χ1v) is 6.82. The minimum absolute atomic E-state index is 0.131. The zero-order valence-corrected chi connectivity index (χ0v) is 12.6. The van der Waals surface area contributed by atoms with E-state index in [9.17, 15) is 5.11 Å². The quantitative estimate of drug-likeness (QED) is 0.863. The number of benzene rings is 2.